The molecule has 1 saturated heterocycles. The highest BCUT2D eigenvalue weighted by atomic mass is 16.5. The Morgan fingerprint density at radius 2 is 2.07 bits per heavy atom. The maximum absolute atomic E-state index is 5.53. The van der Waals surface area contributed by atoms with Crippen molar-refractivity contribution in [2.45, 2.75) is 39.2 Å². The molecule has 0 aliphatic carbocycles. The molecule has 0 amide bonds. The molecule has 0 aromatic rings. The number of hydrogen-bond acceptors (Lipinski definition) is 3. The van der Waals surface area contributed by atoms with E-state index in [4.69, 9.17) is 4.74 Å². The highest BCUT2D eigenvalue weighted by Gasteiger charge is 2.13. The summed E-state index contributed by atoms with van der Waals surface area (Å²) in [6, 6.07) is 0. The molecule has 1 heterocycles. The molecular formula is C12H26N2O. The first-order valence-corrected chi connectivity index (χ1v) is 6.32. The van der Waals surface area contributed by atoms with Gasteiger partial charge in [0.25, 0.3) is 0 Å². The van der Waals surface area contributed by atoms with Gasteiger partial charge in [-0.1, -0.05) is 13.8 Å². The van der Waals surface area contributed by atoms with E-state index in [2.05, 4.69) is 24.5 Å². The largest absolute Gasteiger partial charge is 0.377 e. The Labute approximate surface area is 94.0 Å². The summed E-state index contributed by atoms with van der Waals surface area (Å²) in [5.74, 6) is 0.754. The van der Waals surface area contributed by atoms with Crippen LogP contribution in [0.5, 0.6) is 0 Å². The van der Waals surface area contributed by atoms with Crippen LogP contribution in [0.4, 0.5) is 0 Å². The molecule has 0 bridgehead atoms. The molecule has 0 aromatic carbocycles. The summed E-state index contributed by atoms with van der Waals surface area (Å²) in [5, 5.41) is 6.89. The normalized spacial score (nSPS) is 21.4. The van der Waals surface area contributed by atoms with Gasteiger partial charge in [-0.15, -0.1) is 0 Å². The Hall–Kier alpha value is -0.120. The van der Waals surface area contributed by atoms with E-state index in [0.29, 0.717) is 6.10 Å². The third kappa shape index (κ3) is 6.88. The van der Waals surface area contributed by atoms with Gasteiger partial charge in [0.2, 0.25) is 0 Å². The van der Waals surface area contributed by atoms with Crippen molar-refractivity contribution in [3.63, 3.8) is 0 Å². The highest BCUT2D eigenvalue weighted by Crippen LogP contribution is 2.10. The summed E-state index contributed by atoms with van der Waals surface area (Å²) in [7, 11) is 0. The SMILES string of the molecule is CC(C)CNCCCNC[C@@H]1CCCO1. The average molecular weight is 214 g/mol. The molecule has 15 heavy (non-hydrogen) atoms. The predicted octanol–water partition coefficient (Wildman–Crippen LogP) is 1.39. The lowest BCUT2D eigenvalue weighted by atomic mass is 10.2. The fourth-order valence-electron chi connectivity index (χ4n) is 1.80. The van der Waals surface area contributed by atoms with E-state index in [1.165, 1.54) is 19.3 Å². The summed E-state index contributed by atoms with van der Waals surface area (Å²) >= 11 is 0. The van der Waals surface area contributed by atoms with Crippen LogP contribution < -0.4 is 10.6 Å². The van der Waals surface area contributed by atoms with Crippen LogP contribution >= 0.6 is 0 Å². The van der Waals surface area contributed by atoms with Crippen LogP contribution in [0.3, 0.4) is 0 Å². The van der Waals surface area contributed by atoms with Gasteiger partial charge in [-0.2, -0.15) is 0 Å². The summed E-state index contributed by atoms with van der Waals surface area (Å²) in [6.45, 7) is 9.82. The molecule has 1 aliphatic heterocycles. The minimum Gasteiger partial charge on any atom is -0.377 e. The Morgan fingerprint density at radius 3 is 2.73 bits per heavy atom. The zero-order valence-corrected chi connectivity index (χ0v) is 10.2. The minimum absolute atomic E-state index is 0.480. The van der Waals surface area contributed by atoms with Gasteiger partial charge < -0.3 is 15.4 Å². The number of ether oxygens (including phenoxy) is 1. The lowest BCUT2D eigenvalue weighted by Crippen LogP contribution is -2.29. The van der Waals surface area contributed by atoms with Gasteiger partial charge >= 0.3 is 0 Å². The van der Waals surface area contributed by atoms with Crippen LogP contribution in [-0.4, -0.2) is 38.9 Å². The van der Waals surface area contributed by atoms with Crippen LogP contribution in [0.25, 0.3) is 0 Å². The van der Waals surface area contributed by atoms with Crippen LogP contribution in [0.2, 0.25) is 0 Å². The van der Waals surface area contributed by atoms with E-state index in [0.717, 1.165) is 38.7 Å². The maximum Gasteiger partial charge on any atom is 0.0700 e. The second-order valence-corrected chi connectivity index (χ2v) is 4.79. The summed E-state index contributed by atoms with van der Waals surface area (Å²) in [6.07, 6.45) is 4.16. The molecule has 0 saturated carbocycles. The third-order valence-electron chi connectivity index (χ3n) is 2.66. The van der Waals surface area contributed by atoms with E-state index in [1.54, 1.807) is 0 Å². The van der Waals surface area contributed by atoms with Crippen molar-refractivity contribution in [2.75, 3.05) is 32.8 Å². The molecule has 2 N–H and O–H groups in total. The summed E-state index contributed by atoms with van der Waals surface area (Å²) in [4.78, 5) is 0. The average Bonchev–Trinajstić information content (AvgIpc) is 2.68. The lowest BCUT2D eigenvalue weighted by molar-refractivity contribution is 0.110. The monoisotopic (exact) mass is 214 g/mol. The van der Waals surface area contributed by atoms with E-state index < -0.39 is 0 Å². The van der Waals surface area contributed by atoms with E-state index in [1.807, 2.05) is 0 Å². The lowest BCUT2D eigenvalue weighted by Gasteiger charge is -2.11. The summed E-state index contributed by atoms with van der Waals surface area (Å²) in [5.41, 5.74) is 0. The van der Waals surface area contributed by atoms with Gasteiger partial charge in [0, 0.05) is 13.2 Å². The third-order valence-corrected chi connectivity index (χ3v) is 2.66. The molecule has 0 unspecified atom stereocenters. The van der Waals surface area contributed by atoms with Gasteiger partial charge in [0.15, 0.2) is 0 Å². The van der Waals surface area contributed by atoms with Gasteiger partial charge in [-0.25, -0.2) is 0 Å². The van der Waals surface area contributed by atoms with Crippen molar-refractivity contribution in [3.8, 4) is 0 Å². The minimum atomic E-state index is 0.480. The standard InChI is InChI=1S/C12H26N2O/c1-11(2)9-13-6-4-7-14-10-12-5-3-8-15-12/h11-14H,3-10H2,1-2H3/t12-/m0/s1. The van der Waals surface area contributed by atoms with Crippen molar-refractivity contribution in [2.24, 2.45) is 5.92 Å². The van der Waals surface area contributed by atoms with Crippen molar-refractivity contribution in [3.05, 3.63) is 0 Å². The van der Waals surface area contributed by atoms with Crippen LogP contribution in [0, 0.1) is 5.92 Å². The first kappa shape index (κ1) is 12.9. The Kier molecular flexibility index (Phi) is 6.98. The molecular weight excluding hydrogens is 188 g/mol. The molecule has 90 valence electrons. The molecule has 3 nitrogen and oxygen atoms in total. The highest BCUT2D eigenvalue weighted by molar-refractivity contribution is 4.67. The molecule has 0 spiro atoms. The predicted molar refractivity (Wildman–Crippen MR) is 64.2 cm³/mol. The second kappa shape index (κ2) is 8.08. The van der Waals surface area contributed by atoms with Crippen molar-refractivity contribution in [1.82, 2.24) is 10.6 Å². The Balaban J connectivity index is 1.76. The fourth-order valence-corrected chi connectivity index (χ4v) is 1.80. The summed E-state index contributed by atoms with van der Waals surface area (Å²) < 4.78 is 5.53. The number of hydrogen-bond donors (Lipinski definition) is 2. The number of nitrogens with one attached hydrogen (secondary N) is 2. The van der Waals surface area contributed by atoms with Crippen molar-refractivity contribution < 1.29 is 4.74 Å². The maximum atomic E-state index is 5.53. The van der Waals surface area contributed by atoms with Crippen LogP contribution in [0.1, 0.15) is 33.1 Å². The zero-order chi connectivity index (χ0) is 10.9. The van der Waals surface area contributed by atoms with Gasteiger partial charge in [-0.05, 0) is 44.8 Å². The van der Waals surface area contributed by atoms with Crippen LogP contribution in [0.15, 0.2) is 0 Å². The molecule has 1 fully saturated rings. The second-order valence-electron chi connectivity index (χ2n) is 4.79. The molecule has 1 atom stereocenters. The molecule has 0 aromatic heterocycles. The fraction of sp³-hybridized carbons (Fsp3) is 1.00. The van der Waals surface area contributed by atoms with Gasteiger partial charge in [-0.3, -0.25) is 0 Å². The van der Waals surface area contributed by atoms with Gasteiger partial charge in [0.05, 0.1) is 6.10 Å². The quantitative estimate of drug-likeness (QED) is 0.599. The molecule has 3 heteroatoms. The molecule has 1 aliphatic rings. The van der Waals surface area contributed by atoms with E-state index in [9.17, 15) is 0 Å². The number of rotatable bonds is 8. The van der Waals surface area contributed by atoms with Crippen molar-refractivity contribution in [1.29, 1.82) is 0 Å². The first-order valence-electron chi connectivity index (χ1n) is 6.32. The zero-order valence-electron chi connectivity index (χ0n) is 10.2. The van der Waals surface area contributed by atoms with E-state index in [-0.39, 0.29) is 0 Å². The van der Waals surface area contributed by atoms with Crippen molar-refractivity contribution >= 4 is 0 Å². The Bertz CT molecular complexity index is 145. The first-order chi connectivity index (χ1) is 7.29. The smallest absolute Gasteiger partial charge is 0.0700 e. The van der Waals surface area contributed by atoms with E-state index >= 15 is 0 Å². The topological polar surface area (TPSA) is 33.3 Å². The Morgan fingerprint density at radius 1 is 1.27 bits per heavy atom. The molecule has 1 rings (SSSR count). The molecule has 0 radical (unpaired) electrons. The van der Waals surface area contributed by atoms with Crippen LogP contribution in [-0.2, 0) is 4.74 Å². The van der Waals surface area contributed by atoms with Gasteiger partial charge in [0.1, 0.15) is 0 Å².